The number of nitrogens with one attached hydrogen (secondary N) is 1. The summed E-state index contributed by atoms with van der Waals surface area (Å²) in [4.78, 5) is 9.66. The van der Waals surface area contributed by atoms with E-state index in [0.29, 0.717) is 5.92 Å². The van der Waals surface area contributed by atoms with Gasteiger partial charge < -0.3 is 20.2 Å². The molecule has 0 aromatic heterocycles. The molecule has 2 saturated heterocycles. The maximum Gasteiger partial charge on any atom is 0.194 e. The van der Waals surface area contributed by atoms with Crippen molar-refractivity contribution in [2.75, 3.05) is 45.8 Å². The number of likely N-dealkylation sites (tertiary alicyclic amines) is 2. The van der Waals surface area contributed by atoms with Crippen LogP contribution in [0.25, 0.3) is 0 Å². The molecule has 1 unspecified atom stereocenters. The summed E-state index contributed by atoms with van der Waals surface area (Å²) < 4.78 is 0. The average Bonchev–Trinajstić information content (AvgIpc) is 2.89. The van der Waals surface area contributed by atoms with Crippen molar-refractivity contribution in [1.29, 1.82) is 0 Å². The minimum absolute atomic E-state index is 0. The van der Waals surface area contributed by atoms with Gasteiger partial charge in [0.2, 0.25) is 0 Å². The molecular formula is C17H35IN4O. The molecule has 2 rings (SSSR count). The lowest BCUT2D eigenvalue weighted by atomic mass is 9.97. The lowest BCUT2D eigenvalue weighted by Crippen LogP contribution is -2.42. The Kier molecular flexibility index (Phi) is 9.77. The molecule has 0 spiro atoms. The lowest BCUT2D eigenvalue weighted by molar-refractivity contribution is 0.161. The zero-order valence-corrected chi connectivity index (χ0v) is 17.3. The first-order valence-electron chi connectivity index (χ1n) is 9.02. The number of hydrogen-bond acceptors (Lipinski definition) is 3. The van der Waals surface area contributed by atoms with Crippen LogP contribution in [0, 0.1) is 11.8 Å². The van der Waals surface area contributed by atoms with Gasteiger partial charge in [-0.1, -0.05) is 13.8 Å². The molecule has 0 aliphatic carbocycles. The zero-order valence-electron chi connectivity index (χ0n) is 15.0. The second-order valence-corrected chi connectivity index (χ2v) is 7.24. The van der Waals surface area contributed by atoms with Gasteiger partial charge in [-0.2, -0.15) is 0 Å². The van der Waals surface area contributed by atoms with Gasteiger partial charge in [0, 0.05) is 39.3 Å². The normalized spacial score (nSPS) is 26.5. The van der Waals surface area contributed by atoms with E-state index in [1.165, 1.54) is 32.5 Å². The Morgan fingerprint density at radius 1 is 1.26 bits per heavy atom. The number of nitrogens with zero attached hydrogens (tertiary/aromatic N) is 3. The highest BCUT2D eigenvalue weighted by Crippen LogP contribution is 2.18. The van der Waals surface area contributed by atoms with Crippen molar-refractivity contribution >= 4 is 29.9 Å². The average molecular weight is 438 g/mol. The first-order chi connectivity index (χ1) is 10.6. The van der Waals surface area contributed by atoms with Crippen LogP contribution in [0.3, 0.4) is 0 Å². The molecule has 2 N–H and O–H groups in total. The molecule has 0 aromatic carbocycles. The van der Waals surface area contributed by atoms with Gasteiger partial charge in [0.1, 0.15) is 0 Å². The van der Waals surface area contributed by atoms with Crippen LogP contribution in [0.1, 0.15) is 40.0 Å². The van der Waals surface area contributed by atoms with Crippen molar-refractivity contribution in [3.05, 3.63) is 0 Å². The maximum absolute atomic E-state index is 9.72. The third-order valence-electron chi connectivity index (χ3n) is 4.52. The first-order valence-corrected chi connectivity index (χ1v) is 9.02. The summed E-state index contributed by atoms with van der Waals surface area (Å²) in [5.41, 5.74) is 0. The molecule has 23 heavy (non-hydrogen) atoms. The van der Waals surface area contributed by atoms with Crippen molar-refractivity contribution < 1.29 is 5.11 Å². The molecule has 0 radical (unpaired) electrons. The summed E-state index contributed by atoms with van der Waals surface area (Å²) in [6, 6.07) is 0. The fourth-order valence-corrected chi connectivity index (χ4v) is 3.56. The molecule has 2 fully saturated rings. The predicted octanol–water partition coefficient (Wildman–Crippen LogP) is 2.00. The van der Waals surface area contributed by atoms with Crippen molar-refractivity contribution in [3.63, 3.8) is 0 Å². The second-order valence-electron chi connectivity index (χ2n) is 7.24. The fraction of sp³-hybridized carbons (Fsp3) is 0.941. The van der Waals surface area contributed by atoms with E-state index < -0.39 is 0 Å². The summed E-state index contributed by atoms with van der Waals surface area (Å²) in [6.07, 6.45) is 3.25. The van der Waals surface area contributed by atoms with Crippen LogP contribution in [0.5, 0.6) is 0 Å². The Bertz CT molecular complexity index is 365. The van der Waals surface area contributed by atoms with Gasteiger partial charge in [-0.15, -0.1) is 24.0 Å². The Labute approximate surface area is 158 Å². The molecule has 2 aliphatic rings. The standard InChI is InChI=1S/C17H34N4O.HI/c1-4-18-17(21-9-7-16(22)13-21)19-10-15-6-5-8-20(12-15)11-14(2)3;/h14-16,22H,4-13H2,1-3H3,(H,18,19);1H/t15?,16-;/m1./s1. The quantitative estimate of drug-likeness (QED) is 0.392. The SMILES string of the molecule is CCNC(=NCC1CCCN(CC(C)C)C1)N1CC[C@@H](O)C1.I. The molecule has 0 saturated carbocycles. The number of guanidine groups is 1. The van der Waals surface area contributed by atoms with Gasteiger partial charge >= 0.3 is 0 Å². The van der Waals surface area contributed by atoms with Crippen molar-refractivity contribution in [1.82, 2.24) is 15.1 Å². The number of aliphatic hydroxyl groups excluding tert-OH is 1. The van der Waals surface area contributed by atoms with Crippen LogP contribution in [-0.2, 0) is 0 Å². The third-order valence-corrected chi connectivity index (χ3v) is 4.52. The van der Waals surface area contributed by atoms with Crippen molar-refractivity contribution in [2.45, 2.75) is 46.1 Å². The van der Waals surface area contributed by atoms with Crippen LogP contribution >= 0.6 is 24.0 Å². The smallest absolute Gasteiger partial charge is 0.194 e. The molecule has 0 bridgehead atoms. The minimum atomic E-state index is -0.194. The largest absolute Gasteiger partial charge is 0.391 e. The number of aliphatic hydroxyl groups is 1. The van der Waals surface area contributed by atoms with E-state index >= 15 is 0 Å². The van der Waals surface area contributed by atoms with Gasteiger partial charge in [0.05, 0.1) is 6.10 Å². The Morgan fingerprint density at radius 2 is 2.04 bits per heavy atom. The van der Waals surface area contributed by atoms with Crippen LogP contribution in [0.15, 0.2) is 4.99 Å². The molecular weight excluding hydrogens is 403 g/mol. The maximum atomic E-state index is 9.72. The van der Waals surface area contributed by atoms with Gasteiger partial charge in [-0.3, -0.25) is 4.99 Å². The highest BCUT2D eigenvalue weighted by molar-refractivity contribution is 14.0. The number of aliphatic imine (C=N–C) groups is 1. The van der Waals surface area contributed by atoms with E-state index in [1.807, 2.05) is 0 Å². The monoisotopic (exact) mass is 438 g/mol. The lowest BCUT2D eigenvalue weighted by Gasteiger charge is -2.33. The number of β-amino-alcohol motifs (C(OH)–C–C–N with tert-alkyl or cyclic N) is 1. The fourth-order valence-electron chi connectivity index (χ4n) is 3.56. The van der Waals surface area contributed by atoms with Crippen LogP contribution < -0.4 is 5.32 Å². The highest BCUT2D eigenvalue weighted by Gasteiger charge is 2.24. The second kappa shape index (κ2) is 10.7. The molecule has 2 aliphatic heterocycles. The summed E-state index contributed by atoms with van der Waals surface area (Å²) in [5.74, 6) is 2.40. The first kappa shape index (κ1) is 21.0. The number of hydrogen-bond donors (Lipinski definition) is 2. The Hall–Kier alpha value is -0.0800. The number of halogens is 1. The molecule has 5 nitrogen and oxygen atoms in total. The molecule has 0 aromatic rings. The minimum Gasteiger partial charge on any atom is -0.391 e. The van der Waals surface area contributed by atoms with Gasteiger partial charge in [-0.25, -0.2) is 0 Å². The van der Waals surface area contributed by atoms with E-state index in [2.05, 4.69) is 35.9 Å². The van der Waals surface area contributed by atoms with Gasteiger partial charge in [-0.05, 0) is 44.6 Å². The van der Waals surface area contributed by atoms with Gasteiger partial charge in [0.15, 0.2) is 5.96 Å². The van der Waals surface area contributed by atoms with Crippen LogP contribution in [0.2, 0.25) is 0 Å². The molecule has 6 heteroatoms. The molecule has 2 atom stereocenters. The number of piperidine rings is 1. The zero-order chi connectivity index (χ0) is 15.9. The topological polar surface area (TPSA) is 51.1 Å². The highest BCUT2D eigenvalue weighted by atomic mass is 127. The summed E-state index contributed by atoms with van der Waals surface area (Å²) >= 11 is 0. The van der Waals surface area contributed by atoms with E-state index in [1.54, 1.807) is 0 Å². The van der Waals surface area contributed by atoms with Crippen molar-refractivity contribution in [3.8, 4) is 0 Å². The summed E-state index contributed by atoms with van der Waals surface area (Å²) in [6.45, 7) is 13.8. The molecule has 0 amide bonds. The predicted molar refractivity (Wildman–Crippen MR) is 108 cm³/mol. The molecule has 136 valence electrons. The number of rotatable bonds is 5. The van der Waals surface area contributed by atoms with Gasteiger partial charge in [0.25, 0.3) is 0 Å². The van der Waals surface area contributed by atoms with E-state index in [-0.39, 0.29) is 30.1 Å². The third kappa shape index (κ3) is 7.13. The molecule has 2 heterocycles. The van der Waals surface area contributed by atoms with E-state index in [9.17, 15) is 5.11 Å². The van der Waals surface area contributed by atoms with E-state index in [0.717, 1.165) is 44.5 Å². The van der Waals surface area contributed by atoms with E-state index in [4.69, 9.17) is 4.99 Å². The van der Waals surface area contributed by atoms with Crippen molar-refractivity contribution in [2.24, 2.45) is 16.8 Å². The summed E-state index contributed by atoms with van der Waals surface area (Å²) in [5, 5.41) is 13.1. The van der Waals surface area contributed by atoms with Crippen LogP contribution in [0.4, 0.5) is 0 Å². The Balaban J connectivity index is 0.00000264. The summed E-state index contributed by atoms with van der Waals surface area (Å²) in [7, 11) is 0. The Morgan fingerprint density at radius 3 is 2.65 bits per heavy atom. The van der Waals surface area contributed by atoms with Crippen LogP contribution in [-0.4, -0.2) is 72.8 Å².